The van der Waals surface area contributed by atoms with Crippen LogP contribution in [0.4, 0.5) is 14.5 Å². The van der Waals surface area contributed by atoms with Gasteiger partial charge in [0.25, 0.3) is 12.3 Å². The Morgan fingerprint density at radius 3 is 2.89 bits per heavy atom. The minimum atomic E-state index is -3.11. The van der Waals surface area contributed by atoms with Crippen LogP contribution in [0.15, 0.2) is 30.0 Å². The van der Waals surface area contributed by atoms with E-state index in [1.807, 2.05) is 0 Å². The molecule has 1 aromatic carbocycles. The molecular weight excluding hydrogens is 260 g/mol. The summed E-state index contributed by atoms with van der Waals surface area (Å²) in [6.07, 6.45) is -2.66. The summed E-state index contributed by atoms with van der Waals surface area (Å²) in [5, 5.41) is 11.3. The molecule has 0 spiro atoms. The van der Waals surface area contributed by atoms with E-state index in [0.29, 0.717) is 11.8 Å². The van der Waals surface area contributed by atoms with Crippen LogP contribution in [0.25, 0.3) is 0 Å². The molecule has 0 aliphatic carbocycles. The number of hydrogen-bond donors (Lipinski definition) is 2. The SMILES string of the molecule is O=C1COc2ccc(C(=O)C=C(O)C(F)F)cc2N1. The number of hydrogen-bond acceptors (Lipinski definition) is 4. The van der Waals surface area contributed by atoms with E-state index in [9.17, 15) is 18.4 Å². The molecule has 2 rings (SSSR count). The Labute approximate surface area is 106 Å². The second-order valence-corrected chi connectivity index (χ2v) is 3.78. The lowest BCUT2D eigenvalue weighted by molar-refractivity contribution is -0.118. The number of alkyl halides is 2. The van der Waals surface area contributed by atoms with E-state index in [1.165, 1.54) is 18.2 Å². The van der Waals surface area contributed by atoms with Gasteiger partial charge in [-0.15, -0.1) is 0 Å². The molecule has 100 valence electrons. The Morgan fingerprint density at radius 2 is 2.21 bits per heavy atom. The smallest absolute Gasteiger partial charge is 0.294 e. The fraction of sp³-hybridized carbons (Fsp3) is 0.167. The van der Waals surface area contributed by atoms with Crippen molar-refractivity contribution in [2.75, 3.05) is 11.9 Å². The third kappa shape index (κ3) is 2.87. The number of ether oxygens (including phenoxy) is 1. The van der Waals surface area contributed by atoms with E-state index in [-0.39, 0.29) is 23.8 Å². The van der Waals surface area contributed by atoms with Crippen LogP contribution >= 0.6 is 0 Å². The molecule has 0 bridgehead atoms. The average Bonchev–Trinajstić information content (AvgIpc) is 2.37. The number of rotatable bonds is 3. The molecule has 0 unspecified atom stereocenters. The summed E-state index contributed by atoms with van der Waals surface area (Å²) in [6.45, 7) is -0.119. The minimum absolute atomic E-state index is 0.0525. The van der Waals surface area contributed by atoms with Gasteiger partial charge in [0, 0.05) is 11.6 Å². The highest BCUT2D eigenvalue weighted by Crippen LogP contribution is 2.28. The van der Waals surface area contributed by atoms with Crippen LogP contribution in [-0.2, 0) is 4.79 Å². The number of aliphatic hydroxyl groups excluding tert-OH is 1. The molecule has 2 N–H and O–H groups in total. The predicted molar refractivity (Wildman–Crippen MR) is 61.6 cm³/mol. The van der Waals surface area contributed by atoms with Gasteiger partial charge in [-0.25, -0.2) is 8.78 Å². The summed E-state index contributed by atoms with van der Waals surface area (Å²) in [4.78, 5) is 22.7. The fourth-order valence-corrected chi connectivity index (χ4v) is 1.52. The highest BCUT2D eigenvalue weighted by atomic mass is 19.3. The lowest BCUT2D eigenvalue weighted by Crippen LogP contribution is -2.25. The lowest BCUT2D eigenvalue weighted by Gasteiger charge is -2.18. The summed E-state index contributed by atoms with van der Waals surface area (Å²) in [5.74, 6) is -2.08. The zero-order valence-corrected chi connectivity index (χ0v) is 9.52. The van der Waals surface area contributed by atoms with Crippen molar-refractivity contribution in [3.8, 4) is 5.75 Å². The summed E-state index contributed by atoms with van der Waals surface area (Å²) < 4.78 is 29.2. The Kier molecular flexibility index (Phi) is 3.46. The molecule has 7 heteroatoms. The van der Waals surface area contributed by atoms with Gasteiger partial charge >= 0.3 is 0 Å². The zero-order valence-electron chi connectivity index (χ0n) is 9.52. The monoisotopic (exact) mass is 269 g/mol. The highest BCUT2D eigenvalue weighted by molar-refractivity contribution is 6.06. The van der Waals surface area contributed by atoms with E-state index in [0.717, 1.165) is 0 Å². The Bertz CT molecular complexity index is 569. The third-order valence-corrected chi connectivity index (χ3v) is 2.40. The minimum Gasteiger partial charge on any atom is -0.506 e. The van der Waals surface area contributed by atoms with Gasteiger partial charge in [0.05, 0.1) is 5.69 Å². The first kappa shape index (κ1) is 13.0. The summed E-state index contributed by atoms with van der Waals surface area (Å²) in [7, 11) is 0. The van der Waals surface area contributed by atoms with E-state index >= 15 is 0 Å². The first-order valence-electron chi connectivity index (χ1n) is 5.27. The zero-order chi connectivity index (χ0) is 14.0. The lowest BCUT2D eigenvalue weighted by atomic mass is 10.1. The van der Waals surface area contributed by atoms with Crippen LogP contribution < -0.4 is 10.1 Å². The van der Waals surface area contributed by atoms with Gasteiger partial charge in [0.15, 0.2) is 18.1 Å². The topological polar surface area (TPSA) is 75.6 Å². The third-order valence-electron chi connectivity index (χ3n) is 2.40. The van der Waals surface area contributed by atoms with E-state index in [4.69, 9.17) is 9.84 Å². The second-order valence-electron chi connectivity index (χ2n) is 3.78. The van der Waals surface area contributed by atoms with Crippen molar-refractivity contribution in [2.24, 2.45) is 0 Å². The Morgan fingerprint density at radius 1 is 1.47 bits per heavy atom. The largest absolute Gasteiger partial charge is 0.506 e. The van der Waals surface area contributed by atoms with Crippen molar-refractivity contribution < 1.29 is 28.2 Å². The number of allylic oxidation sites excluding steroid dienone is 2. The van der Waals surface area contributed by atoms with E-state index < -0.39 is 18.0 Å². The van der Waals surface area contributed by atoms with E-state index in [2.05, 4.69) is 5.32 Å². The maximum absolute atomic E-state index is 12.1. The molecule has 1 aliphatic heterocycles. The quantitative estimate of drug-likeness (QED) is 0.499. The summed E-state index contributed by atoms with van der Waals surface area (Å²) >= 11 is 0. The number of fused-ring (bicyclic) bond motifs is 1. The number of ketones is 1. The van der Waals surface area contributed by atoms with Crippen molar-refractivity contribution in [1.29, 1.82) is 0 Å². The predicted octanol–water partition coefficient (Wildman–Crippen LogP) is 1.91. The number of anilines is 1. The van der Waals surface area contributed by atoms with Crippen LogP contribution in [0.5, 0.6) is 5.75 Å². The molecular formula is C12H9F2NO4. The number of nitrogens with one attached hydrogen (secondary N) is 1. The van der Waals surface area contributed by atoms with Crippen LogP contribution in [0.3, 0.4) is 0 Å². The van der Waals surface area contributed by atoms with Gasteiger partial charge in [-0.3, -0.25) is 9.59 Å². The van der Waals surface area contributed by atoms with Gasteiger partial charge in [-0.2, -0.15) is 0 Å². The molecule has 0 radical (unpaired) electrons. The van der Waals surface area contributed by atoms with Crippen molar-refractivity contribution in [3.05, 3.63) is 35.6 Å². The maximum atomic E-state index is 12.1. The number of carbonyl (C=O) groups excluding carboxylic acids is 2. The first-order chi connectivity index (χ1) is 8.97. The summed E-state index contributed by atoms with van der Waals surface area (Å²) in [5.41, 5.74) is 0.337. The van der Waals surface area contributed by atoms with E-state index in [1.54, 1.807) is 0 Å². The van der Waals surface area contributed by atoms with Gasteiger partial charge in [0.2, 0.25) is 0 Å². The molecule has 1 aliphatic rings. The van der Waals surface area contributed by atoms with Crippen molar-refractivity contribution in [3.63, 3.8) is 0 Å². The number of amides is 1. The molecule has 1 amide bonds. The van der Waals surface area contributed by atoms with Crippen molar-refractivity contribution in [2.45, 2.75) is 6.43 Å². The molecule has 19 heavy (non-hydrogen) atoms. The number of halogens is 2. The molecule has 0 saturated heterocycles. The number of benzene rings is 1. The Hall–Kier alpha value is -2.44. The molecule has 1 heterocycles. The number of carbonyl (C=O) groups is 2. The highest BCUT2D eigenvalue weighted by Gasteiger charge is 2.18. The van der Waals surface area contributed by atoms with Crippen molar-refractivity contribution in [1.82, 2.24) is 0 Å². The maximum Gasteiger partial charge on any atom is 0.294 e. The molecule has 5 nitrogen and oxygen atoms in total. The molecule has 0 atom stereocenters. The summed E-state index contributed by atoms with van der Waals surface area (Å²) in [6, 6.07) is 4.09. The van der Waals surface area contributed by atoms with Crippen molar-refractivity contribution >= 4 is 17.4 Å². The van der Waals surface area contributed by atoms with Crippen LogP contribution in [0, 0.1) is 0 Å². The van der Waals surface area contributed by atoms with Gasteiger partial charge < -0.3 is 15.2 Å². The van der Waals surface area contributed by atoms with Gasteiger partial charge in [0.1, 0.15) is 5.75 Å². The first-order valence-corrected chi connectivity index (χ1v) is 5.27. The average molecular weight is 269 g/mol. The Balaban J connectivity index is 2.27. The standard InChI is InChI=1S/C12H9F2NO4/c13-12(14)9(17)4-8(16)6-1-2-10-7(3-6)15-11(18)5-19-10/h1-4,12,17H,5H2,(H,15,18). The van der Waals surface area contributed by atoms with Crippen LogP contribution in [-0.4, -0.2) is 29.8 Å². The molecule has 0 aromatic heterocycles. The number of aliphatic hydroxyl groups is 1. The van der Waals surface area contributed by atoms with Crippen LogP contribution in [0.1, 0.15) is 10.4 Å². The van der Waals surface area contributed by atoms with Gasteiger partial charge in [-0.1, -0.05) is 0 Å². The fourth-order valence-electron chi connectivity index (χ4n) is 1.52. The normalized spacial score (nSPS) is 14.7. The molecule has 0 saturated carbocycles. The molecule has 1 aromatic rings. The second kappa shape index (κ2) is 5.05. The van der Waals surface area contributed by atoms with Gasteiger partial charge in [-0.05, 0) is 18.2 Å². The van der Waals surface area contributed by atoms with Crippen LogP contribution in [0.2, 0.25) is 0 Å². The molecule has 0 fully saturated rings.